The van der Waals surface area contributed by atoms with Crippen LogP contribution in [0.4, 0.5) is 0 Å². The molecule has 1 rings (SSSR count). The fourth-order valence-electron chi connectivity index (χ4n) is 2.33. The molecule has 0 bridgehead atoms. The summed E-state index contributed by atoms with van der Waals surface area (Å²) in [6.07, 6.45) is 1.50. The molecule has 0 heterocycles. The second-order valence-electron chi connectivity index (χ2n) is 7.22. The van der Waals surface area contributed by atoms with E-state index in [0.717, 1.165) is 11.1 Å². The zero-order valence-electron chi connectivity index (χ0n) is 16.9. The highest BCUT2D eigenvalue weighted by Gasteiger charge is 2.22. The highest BCUT2D eigenvalue weighted by molar-refractivity contribution is 5.77. The summed E-state index contributed by atoms with van der Waals surface area (Å²) in [5, 5.41) is 28.7. The van der Waals surface area contributed by atoms with Crippen molar-refractivity contribution in [2.45, 2.75) is 65.1 Å². The maximum atomic E-state index is 11.1. The fraction of sp³-hybridized carbons (Fsp3) is 0.550. The van der Waals surface area contributed by atoms with E-state index in [9.17, 15) is 14.4 Å². The van der Waals surface area contributed by atoms with Crippen molar-refractivity contribution in [3.8, 4) is 0 Å². The molecule has 0 saturated heterocycles. The van der Waals surface area contributed by atoms with Gasteiger partial charge in [0.25, 0.3) is 0 Å². The van der Waals surface area contributed by atoms with E-state index in [1.165, 1.54) is 6.92 Å². The molecule has 0 fully saturated rings. The van der Waals surface area contributed by atoms with Crippen LogP contribution in [-0.4, -0.2) is 51.4 Å². The average Bonchev–Trinajstić information content (AvgIpc) is 2.59. The summed E-state index contributed by atoms with van der Waals surface area (Å²) < 4.78 is 0. The molecule has 1 aromatic rings. The first-order chi connectivity index (χ1) is 12.9. The largest absolute Gasteiger partial charge is 0.480 e. The van der Waals surface area contributed by atoms with Gasteiger partial charge in [-0.05, 0) is 44.6 Å². The van der Waals surface area contributed by atoms with E-state index in [2.05, 4.69) is 5.32 Å². The van der Waals surface area contributed by atoms with Crippen molar-refractivity contribution in [1.29, 1.82) is 0 Å². The molecule has 6 N–H and O–H groups in total. The normalized spacial score (nSPS) is 13.8. The number of hydrogen-bond donors (Lipinski definition) is 5. The zero-order valence-corrected chi connectivity index (χ0v) is 16.9. The van der Waals surface area contributed by atoms with Crippen molar-refractivity contribution >= 4 is 17.9 Å². The Morgan fingerprint density at radius 3 is 1.86 bits per heavy atom. The van der Waals surface area contributed by atoms with E-state index < -0.39 is 36.0 Å². The molecule has 0 radical (unpaired) electrons. The van der Waals surface area contributed by atoms with Crippen molar-refractivity contribution in [3.05, 3.63) is 35.4 Å². The highest BCUT2D eigenvalue weighted by atomic mass is 16.4. The third-order valence-electron chi connectivity index (χ3n) is 4.00. The molecule has 158 valence electrons. The van der Waals surface area contributed by atoms with Crippen molar-refractivity contribution in [1.82, 2.24) is 5.32 Å². The van der Waals surface area contributed by atoms with Crippen molar-refractivity contribution in [3.63, 3.8) is 0 Å². The monoisotopic (exact) mass is 396 g/mol. The van der Waals surface area contributed by atoms with Crippen molar-refractivity contribution in [2.24, 2.45) is 11.7 Å². The van der Waals surface area contributed by atoms with Crippen LogP contribution >= 0.6 is 0 Å². The van der Waals surface area contributed by atoms with E-state index in [-0.39, 0.29) is 0 Å². The molecule has 0 amide bonds. The van der Waals surface area contributed by atoms with Gasteiger partial charge in [0.1, 0.15) is 18.1 Å². The lowest BCUT2D eigenvalue weighted by atomic mass is 10.0. The molecule has 0 aromatic heterocycles. The third-order valence-corrected chi connectivity index (χ3v) is 4.00. The summed E-state index contributed by atoms with van der Waals surface area (Å²) in [5.41, 5.74) is 7.41. The summed E-state index contributed by atoms with van der Waals surface area (Å²) in [6, 6.07) is 5.43. The molecule has 1 aromatic carbocycles. The number of carboxylic acids is 3. The molecule has 8 nitrogen and oxygen atoms in total. The van der Waals surface area contributed by atoms with E-state index in [4.69, 9.17) is 21.1 Å². The van der Waals surface area contributed by atoms with Gasteiger partial charge in [0.15, 0.2) is 0 Å². The summed E-state index contributed by atoms with van der Waals surface area (Å²) >= 11 is 0. The van der Waals surface area contributed by atoms with Crippen LogP contribution in [0.15, 0.2) is 24.3 Å². The molecule has 28 heavy (non-hydrogen) atoms. The standard InChI is InChI=1S/C14H19NO4.C6H13NO2/c1-9-3-5-11(6-4-9)7-8-12(14(18)19)15-10(2)13(16)17;1-4(2)3-5(7)6(8)9/h3-6,10,12,15H,7-8H2,1-2H3,(H,16,17)(H,18,19);4-5H,3,7H2,1-2H3,(H,8,9)/t10-,12+;/m1./s1. The Morgan fingerprint density at radius 2 is 1.50 bits per heavy atom. The van der Waals surface area contributed by atoms with Crippen LogP contribution in [0.25, 0.3) is 0 Å². The van der Waals surface area contributed by atoms with Gasteiger partial charge in [-0.2, -0.15) is 0 Å². The Balaban J connectivity index is 0.000000684. The minimum absolute atomic E-state index is 0.357. The Kier molecular flexibility index (Phi) is 11.7. The number of nitrogens with two attached hydrogens (primary N) is 1. The number of aliphatic carboxylic acids is 3. The topological polar surface area (TPSA) is 150 Å². The Hall–Kier alpha value is -2.45. The fourth-order valence-corrected chi connectivity index (χ4v) is 2.33. The molecule has 0 aliphatic carbocycles. The Labute approximate surface area is 165 Å². The lowest BCUT2D eigenvalue weighted by molar-refractivity contribution is -0.142. The van der Waals surface area contributed by atoms with Crippen LogP contribution in [-0.2, 0) is 20.8 Å². The maximum absolute atomic E-state index is 11.1. The quantitative estimate of drug-likeness (QED) is 0.402. The van der Waals surface area contributed by atoms with Gasteiger partial charge in [0.05, 0.1) is 0 Å². The first-order valence-corrected chi connectivity index (χ1v) is 9.19. The van der Waals surface area contributed by atoms with Crippen LogP contribution in [0.1, 0.15) is 44.7 Å². The van der Waals surface area contributed by atoms with Crippen LogP contribution in [0.2, 0.25) is 0 Å². The van der Waals surface area contributed by atoms with Gasteiger partial charge in [0.2, 0.25) is 0 Å². The first-order valence-electron chi connectivity index (χ1n) is 9.19. The van der Waals surface area contributed by atoms with Gasteiger partial charge >= 0.3 is 17.9 Å². The Bertz CT molecular complexity index is 630. The SMILES string of the molecule is CC(C)CC(N)C(=O)O.Cc1ccc(CC[C@H](N[C@H](C)C(=O)O)C(=O)O)cc1. The van der Waals surface area contributed by atoms with Crippen molar-refractivity contribution < 1.29 is 29.7 Å². The molecule has 1 unspecified atom stereocenters. The molecule has 0 saturated carbocycles. The number of carbonyl (C=O) groups is 3. The molecule has 0 aliphatic heterocycles. The predicted molar refractivity (Wildman–Crippen MR) is 106 cm³/mol. The third kappa shape index (κ3) is 11.3. The van der Waals surface area contributed by atoms with Crippen LogP contribution in [0, 0.1) is 12.8 Å². The van der Waals surface area contributed by atoms with Gasteiger partial charge in [-0.3, -0.25) is 19.7 Å². The van der Waals surface area contributed by atoms with Gasteiger partial charge < -0.3 is 21.1 Å². The highest BCUT2D eigenvalue weighted by Crippen LogP contribution is 2.08. The van der Waals surface area contributed by atoms with Crippen LogP contribution in [0.5, 0.6) is 0 Å². The van der Waals surface area contributed by atoms with Crippen LogP contribution < -0.4 is 11.1 Å². The van der Waals surface area contributed by atoms with E-state index in [0.29, 0.717) is 25.2 Å². The second-order valence-corrected chi connectivity index (χ2v) is 7.22. The second kappa shape index (κ2) is 12.9. The van der Waals surface area contributed by atoms with Gasteiger partial charge in [-0.1, -0.05) is 43.7 Å². The van der Waals surface area contributed by atoms with E-state index >= 15 is 0 Å². The van der Waals surface area contributed by atoms with E-state index in [1.807, 2.05) is 45.0 Å². The first kappa shape index (κ1) is 25.6. The summed E-state index contributed by atoms with van der Waals surface area (Å²) in [7, 11) is 0. The predicted octanol–water partition coefficient (Wildman–Crippen LogP) is 1.89. The smallest absolute Gasteiger partial charge is 0.320 e. The summed E-state index contributed by atoms with van der Waals surface area (Å²) in [4.78, 5) is 31.9. The van der Waals surface area contributed by atoms with Gasteiger partial charge in [-0.25, -0.2) is 0 Å². The van der Waals surface area contributed by atoms with E-state index in [1.54, 1.807) is 0 Å². The number of hydrogen-bond acceptors (Lipinski definition) is 5. The van der Waals surface area contributed by atoms with Gasteiger partial charge in [0, 0.05) is 0 Å². The lowest BCUT2D eigenvalue weighted by Gasteiger charge is -2.17. The number of nitrogens with one attached hydrogen (secondary N) is 1. The molecular formula is C20H32N2O6. The molecule has 0 spiro atoms. The summed E-state index contributed by atoms with van der Waals surface area (Å²) in [5.74, 6) is -2.64. The molecule has 0 aliphatic rings. The van der Waals surface area contributed by atoms with Gasteiger partial charge in [-0.15, -0.1) is 0 Å². The summed E-state index contributed by atoms with van der Waals surface area (Å²) in [6.45, 7) is 7.32. The minimum Gasteiger partial charge on any atom is -0.480 e. The maximum Gasteiger partial charge on any atom is 0.320 e. The Morgan fingerprint density at radius 1 is 0.964 bits per heavy atom. The number of benzene rings is 1. The average molecular weight is 396 g/mol. The number of rotatable bonds is 10. The van der Waals surface area contributed by atoms with Crippen LogP contribution in [0.3, 0.4) is 0 Å². The number of aryl methyl sites for hydroxylation is 2. The minimum atomic E-state index is -1.05. The lowest BCUT2D eigenvalue weighted by Crippen LogP contribution is -2.45. The number of carboxylic acid groups (broad SMARTS) is 3. The molecular weight excluding hydrogens is 364 g/mol. The molecule has 3 atom stereocenters. The zero-order chi connectivity index (χ0) is 21.9. The van der Waals surface area contributed by atoms with Crippen molar-refractivity contribution in [2.75, 3.05) is 0 Å². The molecule has 8 heteroatoms.